The van der Waals surface area contributed by atoms with Crippen molar-refractivity contribution in [2.75, 3.05) is 12.3 Å². The average molecular weight is 293 g/mol. The van der Waals surface area contributed by atoms with Gasteiger partial charge in [0.15, 0.2) is 6.10 Å². The molecule has 0 amide bonds. The Hall–Kier alpha value is -2.49. The van der Waals surface area contributed by atoms with Crippen molar-refractivity contribution in [3.63, 3.8) is 0 Å². The number of ether oxygens (including phenoxy) is 1. The van der Waals surface area contributed by atoms with Crippen LogP contribution in [0.4, 0.5) is 11.4 Å². The Labute approximate surface area is 130 Å². The van der Waals surface area contributed by atoms with Gasteiger partial charge in [0.05, 0.1) is 0 Å². The quantitative estimate of drug-likeness (QED) is 0.759. The lowest BCUT2D eigenvalue weighted by Gasteiger charge is -2.35. The molecule has 0 radical (unpaired) electrons. The van der Waals surface area contributed by atoms with Crippen LogP contribution in [-0.2, 0) is 13.0 Å². The minimum atomic E-state index is -0.0560. The van der Waals surface area contributed by atoms with E-state index >= 15 is 0 Å². The van der Waals surface area contributed by atoms with Crippen LogP contribution in [0.5, 0.6) is 5.75 Å². The van der Waals surface area contributed by atoms with E-state index in [1.54, 1.807) is 0 Å². The van der Waals surface area contributed by atoms with Gasteiger partial charge in [0.25, 0.3) is 0 Å². The standard InChI is InChI=1S/C18H19N3O/c1-12-18(20-16-7-6-15(19)10-17(16)22-12)21-9-8-13-4-2-3-5-14(13)11-21/h2-7,10,12H,8-9,11,19H2,1H3. The van der Waals surface area contributed by atoms with Crippen molar-refractivity contribution in [1.82, 2.24) is 4.90 Å². The molecule has 4 heteroatoms. The molecule has 1 unspecified atom stereocenters. The van der Waals surface area contributed by atoms with Crippen LogP contribution >= 0.6 is 0 Å². The largest absolute Gasteiger partial charge is 0.480 e. The predicted molar refractivity (Wildman–Crippen MR) is 88.6 cm³/mol. The number of benzene rings is 2. The van der Waals surface area contributed by atoms with Gasteiger partial charge in [-0.1, -0.05) is 24.3 Å². The van der Waals surface area contributed by atoms with Gasteiger partial charge in [0.2, 0.25) is 0 Å². The van der Waals surface area contributed by atoms with Crippen LogP contribution in [0.1, 0.15) is 18.1 Å². The van der Waals surface area contributed by atoms with E-state index in [4.69, 9.17) is 15.5 Å². The molecule has 2 heterocycles. The highest BCUT2D eigenvalue weighted by Crippen LogP contribution is 2.35. The van der Waals surface area contributed by atoms with Crippen molar-refractivity contribution in [2.24, 2.45) is 4.99 Å². The molecule has 0 fully saturated rings. The summed E-state index contributed by atoms with van der Waals surface area (Å²) >= 11 is 0. The Morgan fingerprint density at radius 1 is 1.18 bits per heavy atom. The molecule has 22 heavy (non-hydrogen) atoms. The van der Waals surface area contributed by atoms with Crippen LogP contribution in [0.3, 0.4) is 0 Å². The van der Waals surface area contributed by atoms with Gasteiger partial charge in [-0.2, -0.15) is 0 Å². The van der Waals surface area contributed by atoms with Gasteiger partial charge in [-0.15, -0.1) is 0 Å². The lowest BCUT2D eigenvalue weighted by atomic mass is 9.99. The number of fused-ring (bicyclic) bond motifs is 2. The molecule has 0 saturated carbocycles. The zero-order valence-corrected chi connectivity index (χ0v) is 12.6. The Balaban J connectivity index is 1.67. The maximum Gasteiger partial charge on any atom is 0.153 e. The fraction of sp³-hybridized carbons (Fsp3) is 0.278. The lowest BCUT2D eigenvalue weighted by Crippen LogP contribution is -2.44. The Morgan fingerprint density at radius 2 is 2.00 bits per heavy atom. The van der Waals surface area contributed by atoms with Gasteiger partial charge in [-0.25, -0.2) is 4.99 Å². The van der Waals surface area contributed by atoms with E-state index in [9.17, 15) is 0 Å². The topological polar surface area (TPSA) is 50.9 Å². The molecule has 0 saturated heterocycles. The molecule has 2 aliphatic rings. The second-order valence-electron chi connectivity index (χ2n) is 5.90. The third kappa shape index (κ3) is 2.21. The SMILES string of the molecule is CC1Oc2cc(N)ccc2N=C1N1CCc2ccccc2C1. The molecule has 4 rings (SSSR count). The maximum atomic E-state index is 6.01. The third-order valence-corrected chi connectivity index (χ3v) is 4.34. The summed E-state index contributed by atoms with van der Waals surface area (Å²) in [5.74, 6) is 1.78. The molecule has 2 aromatic carbocycles. The third-order valence-electron chi connectivity index (χ3n) is 4.34. The van der Waals surface area contributed by atoms with Crippen LogP contribution in [0.25, 0.3) is 0 Å². The number of amidine groups is 1. The van der Waals surface area contributed by atoms with Crippen LogP contribution in [0, 0.1) is 0 Å². The zero-order chi connectivity index (χ0) is 15.1. The molecule has 4 nitrogen and oxygen atoms in total. The predicted octanol–water partition coefficient (Wildman–Crippen LogP) is 3.14. The van der Waals surface area contributed by atoms with Crippen LogP contribution in [0.15, 0.2) is 47.5 Å². The molecule has 0 aromatic heterocycles. The smallest absolute Gasteiger partial charge is 0.153 e. The normalized spacial score (nSPS) is 19.8. The molecule has 0 aliphatic carbocycles. The molecular weight excluding hydrogens is 274 g/mol. The fourth-order valence-electron chi connectivity index (χ4n) is 3.19. The van der Waals surface area contributed by atoms with Gasteiger partial charge in [-0.05, 0) is 36.6 Å². The Morgan fingerprint density at radius 3 is 2.86 bits per heavy atom. The first-order valence-electron chi connectivity index (χ1n) is 7.67. The molecule has 0 bridgehead atoms. The van der Waals surface area contributed by atoms with Crippen molar-refractivity contribution >= 4 is 17.2 Å². The Bertz CT molecular complexity index is 754. The maximum absolute atomic E-state index is 6.01. The van der Waals surface area contributed by atoms with E-state index in [0.717, 1.165) is 36.8 Å². The van der Waals surface area contributed by atoms with E-state index < -0.39 is 0 Å². The average Bonchev–Trinajstić information content (AvgIpc) is 2.53. The van der Waals surface area contributed by atoms with E-state index in [-0.39, 0.29) is 6.10 Å². The summed E-state index contributed by atoms with van der Waals surface area (Å²) in [4.78, 5) is 7.15. The van der Waals surface area contributed by atoms with Crippen molar-refractivity contribution < 1.29 is 4.74 Å². The van der Waals surface area contributed by atoms with Gasteiger partial charge < -0.3 is 15.4 Å². The molecule has 0 spiro atoms. The Kier molecular flexibility index (Phi) is 3.03. The van der Waals surface area contributed by atoms with Gasteiger partial charge in [-0.3, -0.25) is 0 Å². The minimum Gasteiger partial charge on any atom is -0.480 e. The molecule has 2 aromatic rings. The number of rotatable bonds is 0. The molecule has 112 valence electrons. The first-order chi connectivity index (χ1) is 10.7. The van der Waals surface area contributed by atoms with Crippen LogP contribution in [0.2, 0.25) is 0 Å². The van der Waals surface area contributed by atoms with Crippen molar-refractivity contribution in [1.29, 1.82) is 0 Å². The number of aliphatic imine (C=N–C) groups is 1. The molecule has 1 atom stereocenters. The van der Waals surface area contributed by atoms with Gasteiger partial charge >= 0.3 is 0 Å². The summed E-state index contributed by atoms with van der Waals surface area (Å²) in [5, 5.41) is 0. The first kappa shape index (κ1) is 13.2. The van der Waals surface area contributed by atoms with E-state index in [0.29, 0.717) is 5.69 Å². The number of nitrogens with zero attached hydrogens (tertiary/aromatic N) is 2. The summed E-state index contributed by atoms with van der Waals surface area (Å²) in [7, 11) is 0. The number of nitrogens with two attached hydrogens (primary N) is 1. The first-order valence-corrected chi connectivity index (χ1v) is 7.67. The van der Waals surface area contributed by atoms with E-state index in [2.05, 4.69) is 29.2 Å². The summed E-state index contributed by atoms with van der Waals surface area (Å²) in [5.41, 5.74) is 10.2. The second kappa shape index (κ2) is 5.05. The molecular formula is C18H19N3O. The number of nitrogen functional groups attached to an aromatic ring is 1. The second-order valence-corrected chi connectivity index (χ2v) is 5.90. The van der Waals surface area contributed by atoms with Crippen molar-refractivity contribution in [2.45, 2.75) is 26.0 Å². The fourth-order valence-corrected chi connectivity index (χ4v) is 3.19. The lowest BCUT2D eigenvalue weighted by molar-refractivity contribution is 0.249. The molecule has 2 aliphatic heterocycles. The highest BCUT2D eigenvalue weighted by molar-refractivity contribution is 5.91. The highest BCUT2D eigenvalue weighted by Gasteiger charge is 2.27. The monoisotopic (exact) mass is 293 g/mol. The van der Waals surface area contributed by atoms with Gasteiger partial charge in [0.1, 0.15) is 17.3 Å². The molecule has 2 N–H and O–H groups in total. The number of hydrogen-bond acceptors (Lipinski definition) is 4. The van der Waals surface area contributed by atoms with Gasteiger partial charge in [0, 0.05) is 24.8 Å². The number of hydrogen-bond donors (Lipinski definition) is 1. The zero-order valence-electron chi connectivity index (χ0n) is 12.6. The van der Waals surface area contributed by atoms with Crippen LogP contribution in [-0.4, -0.2) is 23.4 Å². The highest BCUT2D eigenvalue weighted by atomic mass is 16.5. The summed E-state index contributed by atoms with van der Waals surface area (Å²) in [6.45, 7) is 3.92. The van der Waals surface area contributed by atoms with Crippen molar-refractivity contribution in [3.05, 3.63) is 53.6 Å². The summed E-state index contributed by atoms with van der Waals surface area (Å²) in [6.07, 6.45) is 0.996. The van der Waals surface area contributed by atoms with E-state index in [1.165, 1.54) is 11.1 Å². The summed E-state index contributed by atoms with van der Waals surface area (Å²) in [6, 6.07) is 14.3. The van der Waals surface area contributed by atoms with Crippen LogP contribution < -0.4 is 10.5 Å². The minimum absolute atomic E-state index is 0.0560. The number of anilines is 1. The summed E-state index contributed by atoms with van der Waals surface area (Å²) < 4.78 is 6.01. The van der Waals surface area contributed by atoms with E-state index in [1.807, 2.05) is 25.1 Å². The van der Waals surface area contributed by atoms with Crippen molar-refractivity contribution in [3.8, 4) is 5.75 Å².